The van der Waals surface area contributed by atoms with Crippen LogP contribution < -0.4 is 14.8 Å². The Balaban J connectivity index is 1.71. The van der Waals surface area contributed by atoms with Gasteiger partial charge in [-0.1, -0.05) is 17.7 Å². The molecular formula is C17H16ClF2N3O3. The zero-order valence-corrected chi connectivity index (χ0v) is 14.8. The second-order valence-corrected chi connectivity index (χ2v) is 6.10. The average Bonchev–Trinajstić information content (AvgIpc) is 2.89. The first-order valence-corrected chi connectivity index (χ1v) is 8.20. The molecule has 0 saturated heterocycles. The van der Waals surface area contributed by atoms with Crippen LogP contribution in [0.2, 0.25) is 5.02 Å². The highest BCUT2D eigenvalue weighted by molar-refractivity contribution is 6.33. The van der Waals surface area contributed by atoms with Gasteiger partial charge in [-0.3, -0.25) is 4.79 Å². The zero-order chi connectivity index (χ0) is 18.9. The van der Waals surface area contributed by atoms with Gasteiger partial charge in [-0.15, -0.1) is 8.78 Å². The van der Waals surface area contributed by atoms with Crippen LogP contribution in [0.4, 0.5) is 14.6 Å². The van der Waals surface area contributed by atoms with E-state index in [1.165, 1.54) is 29.3 Å². The molecule has 1 aliphatic rings. The number of fused-ring (bicyclic) bond motifs is 1. The number of alkyl halides is 2. The standard InChI is InChI=1S/C17H16ClF2N3O3/c1-3-21-15-12(18)7-11(8-22-15)16(24)23(2)9-10-4-5-13-14(6-10)26-17(19,20)25-13/h4-8H,3,9H2,1-2H3,(H,21,22). The third-order valence-corrected chi connectivity index (χ3v) is 3.95. The molecule has 6 nitrogen and oxygen atoms in total. The molecule has 0 unspecified atom stereocenters. The molecule has 138 valence electrons. The van der Waals surface area contributed by atoms with Crippen LogP contribution in [0, 0.1) is 0 Å². The topological polar surface area (TPSA) is 63.7 Å². The summed E-state index contributed by atoms with van der Waals surface area (Å²) in [6, 6.07) is 5.92. The molecule has 2 heterocycles. The first-order valence-electron chi connectivity index (χ1n) is 7.82. The number of hydrogen-bond donors (Lipinski definition) is 1. The summed E-state index contributed by atoms with van der Waals surface area (Å²) >= 11 is 6.11. The number of rotatable bonds is 5. The number of benzene rings is 1. The molecule has 1 amide bonds. The van der Waals surface area contributed by atoms with Crippen molar-refractivity contribution in [2.24, 2.45) is 0 Å². The lowest BCUT2D eigenvalue weighted by molar-refractivity contribution is -0.286. The van der Waals surface area contributed by atoms with Crippen molar-refractivity contribution in [3.8, 4) is 11.5 Å². The van der Waals surface area contributed by atoms with Crippen LogP contribution in [0.5, 0.6) is 11.5 Å². The number of anilines is 1. The molecule has 0 spiro atoms. The molecule has 1 aliphatic heterocycles. The van der Waals surface area contributed by atoms with Crippen LogP contribution in [-0.4, -0.2) is 35.7 Å². The number of nitrogens with zero attached hydrogens (tertiary/aromatic N) is 2. The van der Waals surface area contributed by atoms with Crippen molar-refractivity contribution in [1.82, 2.24) is 9.88 Å². The van der Waals surface area contributed by atoms with Crippen LogP contribution in [0.15, 0.2) is 30.5 Å². The summed E-state index contributed by atoms with van der Waals surface area (Å²) in [5.74, 6) is 0.103. The van der Waals surface area contributed by atoms with Crippen molar-refractivity contribution < 1.29 is 23.0 Å². The van der Waals surface area contributed by atoms with Gasteiger partial charge in [0.25, 0.3) is 5.91 Å². The van der Waals surface area contributed by atoms with Gasteiger partial charge in [-0.2, -0.15) is 0 Å². The summed E-state index contributed by atoms with van der Waals surface area (Å²) < 4.78 is 34.9. The summed E-state index contributed by atoms with van der Waals surface area (Å²) in [7, 11) is 1.59. The predicted octanol–water partition coefficient (Wildman–Crippen LogP) is 3.76. The predicted molar refractivity (Wildman–Crippen MR) is 91.9 cm³/mol. The van der Waals surface area contributed by atoms with Crippen molar-refractivity contribution in [2.45, 2.75) is 19.8 Å². The van der Waals surface area contributed by atoms with Gasteiger partial charge in [-0.05, 0) is 30.7 Å². The molecule has 1 aromatic heterocycles. The maximum absolute atomic E-state index is 13.1. The van der Waals surface area contributed by atoms with Gasteiger partial charge in [0.05, 0.1) is 10.6 Å². The lowest BCUT2D eigenvalue weighted by atomic mass is 10.1. The molecule has 9 heteroatoms. The number of pyridine rings is 1. The lowest BCUT2D eigenvalue weighted by Crippen LogP contribution is -2.26. The Bertz CT molecular complexity index is 848. The van der Waals surface area contributed by atoms with Gasteiger partial charge in [-0.25, -0.2) is 4.98 Å². The fraction of sp³-hybridized carbons (Fsp3) is 0.294. The maximum atomic E-state index is 13.1. The second kappa shape index (κ2) is 6.95. The van der Waals surface area contributed by atoms with Crippen molar-refractivity contribution >= 4 is 23.3 Å². The van der Waals surface area contributed by atoms with Gasteiger partial charge in [0.2, 0.25) is 0 Å². The number of ether oxygens (including phenoxy) is 2. The Hall–Kier alpha value is -2.61. The van der Waals surface area contributed by atoms with Crippen molar-refractivity contribution in [1.29, 1.82) is 0 Å². The Morgan fingerprint density at radius 3 is 2.73 bits per heavy atom. The first kappa shape index (κ1) is 18.2. The highest BCUT2D eigenvalue weighted by Gasteiger charge is 2.43. The number of carbonyl (C=O) groups excluding carboxylic acids is 1. The Kier molecular flexibility index (Phi) is 4.86. The molecule has 1 N–H and O–H groups in total. The van der Waals surface area contributed by atoms with Gasteiger partial charge in [0.1, 0.15) is 5.82 Å². The van der Waals surface area contributed by atoms with Crippen LogP contribution in [0.25, 0.3) is 0 Å². The van der Waals surface area contributed by atoms with E-state index in [9.17, 15) is 13.6 Å². The first-order chi connectivity index (χ1) is 12.3. The van der Waals surface area contributed by atoms with E-state index in [2.05, 4.69) is 19.8 Å². The highest BCUT2D eigenvalue weighted by Crippen LogP contribution is 2.41. The molecule has 0 atom stereocenters. The highest BCUT2D eigenvalue weighted by atomic mass is 35.5. The number of nitrogens with one attached hydrogen (secondary N) is 1. The van der Waals surface area contributed by atoms with Gasteiger partial charge in [0.15, 0.2) is 11.5 Å². The molecular weight excluding hydrogens is 368 g/mol. The third-order valence-electron chi connectivity index (χ3n) is 3.66. The van der Waals surface area contributed by atoms with Crippen molar-refractivity contribution in [2.75, 3.05) is 18.9 Å². The number of carbonyl (C=O) groups is 1. The SMILES string of the molecule is CCNc1ncc(C(=O)N(C)Cc2ccc3c(c2)OC(F)(F)O3)cc1Cl. The summed E-state index contributed by atoms with van der Waals surface area (Å²) in [6.45, 7) is 2.75. The van der Waals surface area contributed by atoms with E-state index in [0.717, 1.165) is 0 Å². The molecule has 2 aromatic rings. The molecule has 0 radical (unpaired) electrons. The number of aromatic nitrogens is 1. The number of halogens is 3. The summed E-state index contributed by atoms with van der Waals surface area (Å²) in [5.41, 5.74) is 0.940. The van der Waals surface area contributed by atoms with Gasteiger partial charge >= 0.3 is 6.29 Å². The fourth-order valence-electron chi connectivity index (χ4n) is 2.51. The van der Waals surface area contributed by atoms with Crippen LogP contribution >= 0.6 is 11.6 Å². The number of hydrogen-bond acceptors (Lipinski definition) is 5. The smallest absolute Gasteiger partial charge is 0.395 e. The molecule has 1 aromatic carbocycles. The van der Waals surface area contributed by atoms with E-state index in [0.29, 0.717) is 28.5 Å². The summed E-state index contributed by atoms with van der Waals surface area (Å²) in [4.78, 5) is 18.1. The average molecular weight is 384 g/mol. The third kappa shape index (κ3) is 3.80. The Labute approximate surface area is 153 Å². The monoisotopic (exact) mass is 383 g/mol. The van der Waals surface area contributed by atoms with Crippen LogP contribution in [-0.2, 0) is 6.54 Å². The summed E-state index contributed by atoms with van der Waals surface area (Å²) in [5, 5.41) is 3.33. The van der Waals surface area contributed by atoms with E-state index in [1.807, 2.05) is 6.92 Å². The molecule has 0 saturated carbocycles. The van der Waals surface area contributed by atoms with Crippen LogP contribution in [0.1, 0.15) is 22.8 Å². The van der Waals surface area contributed by atoms with E-state index < -0.39 is 6.29 Å². The molecule has 0 bridgehead atoms. The van der Waals surface area contributed by atoms with E-state index in [4.69, 9.17) is 11.6 Å². The minimum Gasteiger partial charge on any atom is -0.395 e. The Morgan fingerprint density at radius 1 is 1.31 bits per heavy atom. The molecule has 3 rings (SSSR count). The van der Waals surface area contributed by atoms with Gasteiger partial charge < -0.3 is 19.7 Å². The van der Waals surface area contributed by atoms with Crippen molar-refractivity contribution in [3.63, 3.8) is 0 Å². The Morgan fingerprint density at radius 2 is 2.04 bits per heavy atom. The van der Waals surface area contributed by atoms with Crippen LogP contribution in [0.3, 0.4) is 0 Å². The normalized spacial score (nSPS) is 14.2. The van der Waals surface area contributed by atoms with E-state index in [-0.39, 0.29) is 24.0 Å². The lowest BCUT2D eigenvalue weighted by Gasteiger charge is -2.18. The van der Waals surface area contributed by atoms with E-state index in [1.54, 1.807) is 13.1 Å². The second-order valence-electron chi connectivity index (χ2n) is 5.69. The summed E-state index contributed by atoms with van der Waals surface area (Å²) in [6.07, 6.45) is -2.23. The molecule has 0 fully saturated rings. The molecule has 0 aliphatic carbocycles. The minimum atomic E-state index is -3.67. The zero-order valence-electron chi connectivity index (χ0n) is 14.1. The quantitative estimate of drug-likeness (QED) is 0.851. The van der Waals surface area contributed by atoms with Crippen molar-refractivity contribution in [3.05, 3.63) is 46.6 Å². The number of amides is 1. The van der Waals surface area contributed by atoms with Gasteiger partial charge in [0, 0.05) is 26.3 Å². The molecule has 26 heavy (non-hydrogen) atoms. The maximum Gasteiger partial charge on any atom is 0.586 e. The minimum absolute atomic E-state index is 0.0391. The largest absolute Gasteiger partial charge is 0.586 e. The fourth-order valence-corrected chi connectivity index (χ4v) is 2.74. The van der Waals surface area contributed by atoms with E-state index >= 15 is 0 Å².